The number of hydrogen-bond donors (Lipinski definition) is 1. The molecule has 1 amide bonds. The second-order valence-electron chi connectivity index (χ2n) is 4.47. The Morgan fingerprint density at radius 1 is 1.37 bits per heavy atom. The molecule has 0 aliphatic carbocycles. The summed E-state index contributed by atoms with van der Waals surface area (Å²) in [6.07, 6.45) is 3.47. The number of fused-ring (bicyclic) bond motifs is 1. The minimum atomic E-state index is -0.570. The van der Waals surface area contributed by atoms with Crippen molar-refractivity contribution >= 4 is 27.5 Å². The second kappa shape index (κ2) is 4.75. The first kappa shape index (κ1) is 12.3. The molecule has 1 atom stereocenters. The number of anilines is 1. The number of halogens is 1. The minimum absolute atomic E-state index is 0.0723. The van der Waals surface area contributed by atoms with Crippen molar-refractivity contribution in [2.45, 2.75) is 12.6 Å². The topological polar surface area (TPSA) is 59.2 Å². The summed E-state index contributed by atoms with van der Waals surface area (Å²) in [5, 5.41) is 0. The molecule has 2 heterocycles. The van der Waals surface area contributed by atoms with Gasteiger partial charge in [-0.1, -0.05) is 28.1 Å². The van der Waals surface area contributed by atoms with Gasteiger partial charge in [-0.05, 0) is 23.8 Å². The van der Waals surface area contributed by atoms with E-state index in [0.717, 1.165) is 21.3 Å². The highest BCUT2D eigenvalue weighted by Crippen LogP contribution is 2.37. The SMILES string of the molecule is NC1C(=O)N(Cc2cccnc2)c2cc(Br)ccc21. The Morgan fingerprint density at radius 2 is 2.21 bits per heavy atom. The predicted octanol–water partition coefficient (Wildman–Crippen LogP) is 2.39. The van der Waals surface area contributed by atoms with E-state index in [4.69, 9.17) is 5.73 Å². The van der Waals surface area contributed by atoms with E-state index >= 15 is 0 Å². The lowest BCUT2D eigenvalue weighted by Crippen LogP contribution is -2.31. The molecule has 2 aromatic rings. The molecular formula is C14H12BrN3O. The average molecular weight is 318 g/mol. The van der Waals surface area contributed by atoms with Gasteiger partial charge in [-0.2, -0.15) is 0 Å². The first-order chi connectivity index (χ1) is 9.16. The van der Waals surface area contributed by atoms with Crippen LogP contribution in [0, 0.1) is 0 Å². The monoisotopic (exact) mass is 317 g/mol. The highest BCUT2D eigenvalue weighted by Gasteiger charge is 2.34. The molecule has 3 rings (SSSR count). The summed E-state index contributed by atoms with van der Waals surface area (Å²) in [6, 6.07) is 8.96. The maximum atomic E-state index is 12.2. The first-order valence-corrected chi connectivity index (χ1v) is 6.71. The van der Waals surface area contributed by atoms with Crippen molar-refractivity contribution in [1.29, 1.82) is 0 Å². The Morgan fingerprint density at radius 3 is 2.95 bits per heavy atom. The normalized spacial score (nSPS) is 17.7. The Labute approximate surface area is 119 Å². The minimum Gasteiger partial charge on any atom is -0.316 e. The van der Waals surface area contributed by atoms with E-state index in [2.05, 4.69) is 20.9 Å². The fourth-order valence-electron chi connectivity index (χ4n) is 2.27. The summed E-state index contributed by atoms with van der Waals surface area (Å²) in [6.45, 7) is 0.490. The number of carbonyl (C=O) groups is 1. The summed E-state index contributed by atoms with van der Waals surface area (Å²) >= 11 is 3.43. The number of hydrogen-bond acceptors (Lipinski definition) is 3. The van der Waals surface area contributed by atoms with Crippen LogP contribution in [-0.2, 0) is 11.3 Å². The Balaban J connectivity index is 1.99. The van der Waals surface area contributed by atoms with E-state index in [1.54, 1.807) is 17.3 Å². The molecule has 19 heavy (non-hydrogen) atoms. The van der Waals surface area contributed by atoms with Crippen LogP contribution in [0.15, 0.2) is 47.2 Å². The first-order valence-electron chi connectivity index (χ1n) is 5.92. The summed E-state index contributed by atoms with van der Waals surface area (Å²) in [4.78, 5) is 18.0. The van der Waals surface area contributed by atoms with Crippen molar-refractivity contribution in [2.24, 2.45) is 5.73 Å². The van der Waals surface area contributed by atoms with Gasteiger partial charge in [0.2, 0.25) is 5.91 Å². The van der Waals surface area contributed by atoms with Gasteiger partial charge in [-0.25, -0.2) is 0 Å². The molecule has 1 aromatic carbocycles. The van der Waals surface area contributed by atoms with Gasteiger partial charge in [0.05, 0.1) is 12.2 Å². The lowest BCUT2D eigenvalue weighted by atomic mass is 10.1. The van der Waals surface area contributed by atoms with Gasteiger partial charge >= 0.3 is 0 Å². The third kappa shape index (κ3) is 2.15. The van der Waals surface area contributed by atoms with Crippen LogP contribution < -0.4 is 10.6 Å². The van der Waals surface area contributed by atoms with Crippen molar-refractivity contribution in [2.75, 3.05) is 4.90 Å². The molecule has 0 radical (unpaired) electrons. The number of pyridine rings is 1. The number of nitrogens with two attached hydrogens (primary N) is 1. The smallest absolute Gasteiger partial charge is 0.248 e. The van der Waals surface area contributed by atoms with E-state index in [-0.39, 0.29) is 5.91 Å². The Hall–Kier alpha value is -1.72. The van der Waals surface area contributed by atoms with E-state index in [9.17, 15) is 4.79 Å². The largest absolute Gasteiger partial charge is 0.316 e. The van der Waals surface area contributed by atoms with Crippen LogP contribution in [0.5, 0.6) is 0 Å². The van der Waals surface area contributed by atoms with Crippen molar-refractivity contribution in [1.82, 2.24) is 4.98 Å². The maximum absolute atomic E-state index is 12.2. The zero-order valence-corrected chi connectivity index (χ0v) is 11.7. The lowest BCUT2D eigenvalue weighted by Gasteiger charge is -2.17. The van der Waals surface area contributed by atoms with Crippen LogP contribution in [0.4, 0.5) is 5.69 Å². The summed E-state index contributed by atoms with van der Waals surface area (Å²) < 4.78 is 0.935. The molecule has 0 saturated heterocycles. The standard InChI is InChI=1S/C14H12BrN3O/c15-10-3-4-11-12(6-10)18(14(19)13(11)16)8-9-2-1-5-17-7-9/h1-7,13H,8,16H2. The number of carbonyl (C=O) groups excluding carboxylic acids is 1. The van der Waals surface area contributed by atoms with Gasteiger partial charge in [-0.3, -0.25) is 9.78 Å². The van der Waals surface area contributed by atoms with E-state index < -0.39 is 6.04 Å². The van der Waals surface area contributed by atoms with E-state index in [1.165, 1.54) is 0 Å². The fourth-order valence-corrected chi connectivity index (χ4v) is 2.62. The molecule has 96 valence electrons. The summed E-state index contributed by atoms with van der Waals surface area (Å²) in [5.41, 5.74) is 8.69. The Kier molecular flexibility index (Phi) is 3.08. The Bertz CT molecular complexity index is 630. The molecule has 0 spiro atoms. The van der Waals surface area contributed by atoms with Gasteiger partial charge in [-0.15, -0.1) is 0 Å². The van der Waals surface area contributed by atoms with Crippen molar-refractivity contribution < 1.29 is 4.79 Å². The summed E-state index contributed by atoms with van der Waals surface area (Å²) in [5.74, 6) is -0.0723. The molecule has 1 aliphatic rings. The van der Waals surface area contributed by atoms with Crippen molar-refractivity contribution in [3.8, 4) is 0 Å². The van der Waals surface area contributed by atoms with Crippen LogP contribution >= 0.6 is 15.9 Å². The average Bonchev–Trinajstić information content (AvgIpc) is 2.65. The van der Waals surface area contributed by atoms with Crippen LogP contribution in [0.1, 0.15) is 17.2 Å². The number of benzene rings is 1. The third-order valence-electron chi connectivity index (χ3n) is 3.21. The second-order valence-corrected chi connectivity index (χ2v) is 5.38. The number of amides is 1. The van der Waals surface area contributed by atoms with Crippen LogP contribution in [0.25, 0.3) is 0 Å². The van der Waals surface area contributed by atoms with Crippen LogP contribution in [-0.4, -0.2) is 10.9 Å². The maximum Gasteiger partial charge on any atom is 0.248 e. The zero-order chi connectivity index (χ0) is 13.4. The van der Waals surface area contributed by atoms with Crippen molar-refractivity contribution in [3.63, 3.8) is 0 Å². The van der Waals surface area contributed by atoms with Crippen LogP contribution in [0.2, 0.25) is 0 Å². The highest BCUT2D eigenvalue weighted by molar-refractivity contribution is 9.10. The lowest BCUT2D eigenvalue weighted by molar-refractivity contribution is -0.119. The van der Waals surface area contributed by atoms with Gasteiger partial charge in [0.1, 0.15) is 6.04 Å². The molecular weight excluding hydrogens is 306 g/mol. The molecule has 1 aliphatic heterocycles. The number of rotatable bonds is 2. The number of aromatic nitrogens is 1. The molecule has 5 heteroatoms. The van der Waals surface area contributed by atoms with E-state index in [1.807, 2.05) is 30.3 Å². The van der Waals surface area contributed by atoms with E-state index in [0.29, 0.717) is 6.54 Å². The third-order valence-corrected chi connectivity index (χ3v) is 3.71. The molecule has 4 nitrogen and oxygen atoms in total. The zero-order valence-electron chi connectivity index (χ0n) is 10.1. The molecule has 0 saturated carbocycles. The summed E-state index contributed by atoms with van der Waals surface area (Å²) in [7, 11) is 0. The molecule has 1 aromatic heterocycles. The van der Waals surface area contributed by atoms with Crippen molar-refractivity contribution in [3.05, 3.63) is 58.3 Å². The van der Waals surface area contributed by atoms with Gasteiger partial charge < -0.3 is 10.6 Å². The molecule has 0 bridgehead atoms. The molecule has 2 N–H and O–H groups in total. The van der Waals surface area contributed by atoms with Gasteiger partial charge in [0.25, 0.3) is 0 Å². The highest BCUT2D eigenvalue weighted by atomic mass is 79.9. The van der Waals surface area contributed by atoms with Gasteiger partial charge in [0.15, 0.2) is 0 Å². The van der Waals surface area contributed by atoms with Gasteiger partial charge in [0, 0.05) is 22.4 Å². The molecule has 1 unspecified atom stereocenters. The fraction of sp³-hybridized carbons (Fsp3) is 0.143. The quantitative estimate of drug-likeness (QED) is 0.925. The molecule has 0 fully saturated rings. The van der Waals surface area contributed by atoms with Crippen LogP contribution in [0.3, 0.4) is 0 Å². The number of nitrogens with zero attached hydrogens (tertiary/aromatic N) is 2. The predicted molar refractivity (Wildman–Crippen MR) is 76.5 cm³/mol.